The molecule has 2 heterocycles. The fourth-order valence-corrected chi connectivity index (χ4v) is 2.55. The Bertz CT molecular complexity index is 914. The third-order valence-electron chi connectivity index (χ3n) is 4.07. The Morgan fingerprint density at radius 2 is 1.73 bits per heavy atom. The predicted octanol–water partition coefficient (Wildman–Crippen LogP) is 3.78. The van der Waals surface area contributed by atoms with E-state index in [2.05, 4.69) is 37.5 Å². The summed E-state index contributed by atoms with van der Waals surface area (Å²) in [5.74, 6) is 0.138. The van der Waals surface area contributed by atoms with Crippen LogP contribution in [0.2, 0.25) is 0 Å². The number of anilines is 3. The third-order valence-corrected chi connectivity index (χ3v) is 4.07. The number of halogens is 2. The van der Waals surface area contributed by atoms with E-state index < -0.39 is 11.6 Å². The number of nitrogens with zero attached hydrogens (tertiary/aromatic N) is 4. The molecule has 6 nitrogen and oxygen atoms in total. The van der Waals surface area contributed by atoms with Gasteiger partial charge in [-0.15, -0.1) is 0 Å². The molecule has 4 rings (SSSR count). The lowest BCUT2D eigenvalue weighted by atomic mass is 10.3. The van der Waals surface area contributed by atoms with Crippen LogP contribution in [0.3, 0.4) is 0 Å². The van der Waals surface area contributed by atoms with Crippen LogP contribution >= 0.6 is 0 Å². The zero-order chi connectivity index (χ0) is 18.1. The molecule has 132 valence electrons. The molecule has 1 fully saturated rings. The molecule has 2 atom stereocenters. The van der Waals surface area contributed by atoms with E-state index in [9.17, 15) is 8.78 Å². The van der Waals surface area contributed by atoms with Crippen LogP contribution in [0.4, 0.5) is 26.4 Å². The van der Waals surface area contributed by atoms with Gasteiger partial charge in [0.05, 0.1) is 0 Å². The Hall–Kier alpha value is -3.16. The Balaban J connectivity index is 1.69. The van der Waals surface area contributed by atoms with Crippen molar-refractivity contribution in [1.29, 1.82) is 0 Å². The SMILES string of the molecule is CC1CC1Nc1nc(Nc2cc(F)cc(F)c2)nc(-c2ccccn2)n1. The molecule has 1 saturated carbocycles. The summed E-state index contributed by atoms with van der Waals surface area (Å²) < 4.78 is 26.8. The van der Waals surface area contributed by atoms with Crippen LogP contribution in [0.1, 0.15) is 13.3 Å². The average molecular weight is 354 g/mol. The number of hydrogen-bond donors (Lipinski definition) is 2. The molecule has 0 bridgehead atoms. The van der Waals surface area contributed by atoms with Crippen LogP contribution in [0.5, 0.6) is 0 Å². The summed E-state index contributed by atoms with van der Waals surface area (Å²) in [4.78, 5) is 17.3. The lowest BCUT2D eigenvalue weighted by molar-refractivity contribution is 0.584. The van der Waals surface area contributed by atoms with E-state index in [4.69, 9.17) is 0 Å². The van der Waals surface area contributed by atoms with Crippen molar-refractivity contribution in [2.45, 2.75) is 19.4 Å². The number of nitrogens with one attached hydrogen (secondary N) is 2. The number of rotatable bonds is 5. The van der Waals surface area contributed by atoms with Crippen molar-refractivity contribution >= 4 is 17.6 Å². The highest BCUT2D eigenvalue weighted by Gasteiger charge is 2.33. The number of hydrogen-bond acceptors (Lipinski definition) is 6. The fourth-order valence-electron chi connectivity index (χ4n) is 2.55. The second-order valence-corrected chi connectivity index (χ2v) is 6.27. The topological polar surface area (TPSA) is 75.6 Å². The Labute approximate surface area is 148 Å². The van der Waals surface area contributed by atoms with Crippen molar-refractivity contribution < 1.29 is 8.78 Å². The van der Waals surface area contributed by atoms with E-state index in [1.165, 1.54) is 12.1 Å². The van der Waals surface area contributed by atoms with Gasteiger partial charge in [-0.05, 0) is 36.6 Å². The molecule has 1 aromatic carbocycles. The van der Waals surface area contributed by atoms with Crippen molar-refractivity contribution in [2.75, 3.05) is 10.6 Å². The van der Waals surface area contributed by atoms with Crippen molar-refractivity contribution in [2.24, 2.45) is 5.92 Å². The molecule has 0 radical (unpaired) electrons. The summed E-state index contributed by atoms with van der Waals surface area (Å²) in [6.45, 7) is 2.13. The van der Waals surface area contributed by atoms with E-state index in [1.807, 2.05) is 6.07 Å². The average Bonchev–Trinajstić information content (AvgIpc) is 3.29. The van der Waals surface area contributed by atoms with E-state index in [0.717, 1.165) is 12.5 Å². The van der Waals surface area contributed by atoms with Crippen molar-refractivity contribution in [3.05, 3.63) is 54.2 Å². The summed E-state index contributed by atoms with van der Waals surface area (Å²) in [6, 6.07) is 8.87. The van der Waals surface area contributed by atoms with E-state index >= 15 is 0 Å². The highest BCUT2D eigenvalue weighted by Crippen LogP contribution is 2.32. The van der Waals surface area contributed by atoms with Crippen molar-refractivity contribution in [3.63, 3.8) is 0 Å². The minimum absolute atomic E-state index is 0.182. The smallest absolute Gasteiger partial charge is 0.232 e. The molecule has 0 spiro atoms. The molecule has 2 aromatic heterocycles. The highest BCUT2D eigenvalue weighted by atomic mass is 19.1. The molecule has 1 aliphatic rings. The van der Waals surface area contributed by atoms with Gasteiger partial charge in [-0.1, -0.05) is 13.0 Å². The molecular formula is C18H16F2N6. The zero-order valence-corrected chi connectivity index (χ0v) is 13.9. The first-order valence-corrected chi connectivity index (χ1v) is 8.24. The normalized spacial score (nSPS) is 18.4. The van der Waals surface area contributed by atoms with Gasteiger partial charge in [-0.25, -0.2) is 8.78 Å². The predicted molar refractivity (Wildman–Crippen MR) is 93.9 cm³/mol. The van der Waals surface area contributed by atoms with Gasteiger partial charge < -0.3 is 10.6 Å². The van der Waals surface area contributed by atoms with Crippen molar-refractivity contribution in [3.8, 4) is 11.5 Å². The molecular weight excluding hydrogens is 338 g/mol. The van der Waals surface area contributed by atoms with Gasteiger partial charge in [0, 0.05) is 24.0 Å². The van der Waals surface area contributed by atoms with Crippen LogP contribution < -0.4 is 10.6 Å². The van der Waals surface area contributed by atoms with E-state index in [0.29, 0.717) is 29.4 Å². The van der Waals surface area contributed by atoms with Crippen LogP contribution in [0.25, 0.3) is 11.5 Å². The number of aromatic nitrogens is 4. The summed E-state index contributed by atoms with van der Waals surface area (Å²) >= 11 is 0. The molecule has 1 aliphatic carbocycles. The van der Waals surface area contributed by atoms with Gasteiger partial charge in [-0.2, -0.15) is 15.0 Å². The Kier molecular flexibility index (Phi) is 4.16. The highest BCUT2D eigenvalue weighted by molar-refractivity contribution is 5.59. The summed E-state index contributed by atoms with van der Waals surface area (Å²) in [5.41, 5.74) is 0.793. The Morgan fingerprint density at radius 3 is 2.38 bits per heavy atom. The minimum atomic E-state index is -0.684. The maximum Gasteiger partial charge on any atom is 0.232 e. The van der Waals surface area contributed by atoms with Gasteiger partial charge in [0.15, 0.2) is 5.82 Å². The zero-order valence-electron chi connectivity index (χ0n) is 13.9. The van der Waals surface area contributed by atoms with Gasteiger partial charge in [0.25, 0.3) is 0 Å². The van der Waals surface area contributed by atoms with Crippen LogP contribution in [-0.2, 0) is 0 Å². The summed E-state index contributed by atoms with van der Waals surface area (Å²) in [5, 5.41) is 6.08. The largest absolute Gasteiger partial charge is 0.351 e. The molecule has 8 heteroatoms. The maximum atomic E-state index is 13.4. The van der Waals surface area contributed by atoms with Gasteiger partial charge >= 0.3 is 0 Å². The second-order valence-electron chi connectivity index (χ2n) is 6.27. The van der Waals surface area contributed by atoms with Crippen LogP contribution in [-0.4, -0.2) is 26.0 Å². The van der Waals surface area contributed by atoms with Crippen LogP contribution in [0.15, 0.2) is 42.6 Å². The monoisotopic (exact) mass is 354 g/mol. The molecule has 26 heavy (non-hydrogen) atoms. The quantitative estimate of drug-likeness (QED) is 0.726. The molecule has 3 aromatic rings. The van der Waals surface area contributed by atoms with Crippen molar-refractivity contribution in [1.82, 2.24) is 19.9 Å². The first kappa shape index (κ1) is 16.3. The summed E-state index contributed by atoms with van der Waals surface area (Å²) in [6.07, 6.45) is 2.69. The van der Waals surface area contributed by atoms with Crippen LogP contribution in [0, 0.1) is 17.6 Å². The minimum Gasteiger partial charge on any atom is -0.351 e. The molecule has 0 amide bonds. The third kappa shape index (κ3) is 3.74. The lowest BCUT2D eigenvalue weighted by Gasteiger charge is -2.10. The fraction of sp³-hybridized carbons (Fsp3) is 0.222. The number of benzene rings is 1. The van der Waals surface area contributed by atoms with E-state index in [1.54, 1.807) is 18.3 Å². The molecule has 2 unspecified atom stereocenters. The van der Waals surface area contributed by atoms with E-state index in [-0.39, 0.29) is 11.6 Å². The molecule has 0 saturated heterocycles. The standard InChI is InChI=1S/C18H16F2N6/c1-10-6-15(10)23-18-25-16(14-4-2-3-5-21-14)24-17(26-18)22-13-8-11(19)7-12(20)9-13/h2-5,7-10,15H,6H2,1H3,(H2,22,23,24,25,26). The van der Waals surface area contributed by atoms with Gasteiger partial charge in [0.2, 0.25) is 11.9 Å². The van der Waals surface area contributed by atoms with Gasteiger partial charge in [-0.3, -0.25) is 4.98 Å². The first-order valence-electron chi connectivity index (χ1n) is 8.24. The lowest BCUT2D eigenvalue weighted by Crippen LogP contribution is -2.11. The second kappa shape index (κ2) is 6.62. The van der Waals surface area contributed by atoms with Gasteiger partial charge in [0.1, 0.15) is 17.3 Å². The maximum absolute atomic E-state index is 13.4. The Morgan fingerprint density at radius 1 is 1.00 bits per heavy atom. The number of pyridine rings is 1. The first-order chi connectivity index (χ1) is 12.6. The molecule has 2 N–H and O–H groups in total. The summed E-state index contributed by atoms with van der Waals surface area (Å²) in [7, 11) is 0. The molecule has 0 aliphatic heterocycles.